The zero-order valence-electron chi connectivity index (χ0n) is 19.2. The lowest BCUT2D eigenvalue weighted by Gasteiger charge is -2.38. The van der Waals surface area contributed by atoms with E-state index in [1.54, 1.807) is 6.92 Å². The molecule has 1 N–H and O–H groups in total. The third-order valence-electron chi connectivity index (χ3n) is 7.12. The third-order valence-corrected chi connectivity index (χ3v) is 7.12. The van der Waals surface area contributed by atoms with Gasteiger partial charge in [0.15, 0.2) is 5.82 Å². The van der Waals surface area contributed by atoms with Gasteiger partial charge in [-0.3, -0.25) is 14.5 Å². The van der Waals surface area contributed by atoms with Crippen molar-refractivity contribution in [2.24, 2.45) is 5.92 Å². The van der Waals surface area contributed by atoms with Crippen LogP contribution < -0.4 is 5.32 Å². The molecule has 2 amide bonds. The molecule has 0 saturated carbocycles. The number of amides is 2. The Balaban J connectivity index is 1.55. The van der Waals surface area contributed by atoms with Gasteiger partial charge in [-0.15, -0.1) is 0 Å². The number of nitrogens with one attached hydrogen (secondary N) is 1. The topological polar surface area (TPSA) is 81.7 Å². The molecule has 0 spiro atoms. The monoisotopic (exact) mass is 428 g/mol. The molecular formula is C23H36N6O2. The molecule has 0 aliphatic carbocycles. The number of nitrogens with zero attached hydrogens (tertiary/aromatic N) is 5. The molecule has 8 heteroatoms. The largest absolute Gasteiger partial charge is 0.373 e. The number of fused-ring (bicyclic) bond motifs is 1. The van der Waals surface area contributed by atoms with Gasteiger partial charge in [0.1, 0.15) is 5.82 Å². The van der Waals surface area contributed by atoms with Crippen LogP contribution in [0.2, 0.25) is 0 Å². The predicted octanol–water partition coefficient (Wildman–Crippen LogP) is 2.21. The fourth-order valence-electron chi connectivity index (χ4n) is 5.07. The molecule has 4 rings (SSSR count). The summed E-state index contributed by atoms with van der Waals surface area (Å²) >= 11 is 0. The quantitative estimate of drug-likeness (QED) is 0.792. The number of aromatic nitrogens is 2. The minimum atomic E-state index is -0.0879. The van der Waals surface area contributed by atoms with E-state index in [0.29, 0.717) is 25.5 Å². The third kappa shape index (κ3) is 4.84. The van der Waals surface area contributed by atoms with Crippen LogP contribution in [-0.2, 0) is 22.6 Å². The second-order valence-electron chi connectivity index (χ2n) is 9.35. The minimum absolute atomic E-state index is 0.0714. The summed E-state index contributed by atoms with van der Waals surface area (Å²) in [5.41, 5.74) is 2.01. The van der Waals surface area contributed by atoms with Gasteiger partial charge in [0.05, 0.1) is 24.8 Å². The van der Waals surface area contributed by atoms with E-state index in [-0.39, 0.29) is 17.9 Å². The van der Waals surface area contributed by atoms with Crippen molar-refractivity contribution >= 4 is 17.6 Å². The first-order valence-electron chi connectivity index (χ1n) is 11.8. The highest BCUT2D eigenvalue weighted by Gasteiger charge is 2.33. The van der Waals surface area contributed by atoms with Crippen LogP contribution in [0.25, 0.3) is 0 Å². The first-order chi connectivity index (χ1) is 15.0. The Morgan fingerprint density at radius 2 is 1.84 bits per heavy atom. The molecule has 3 aliphatic rings. The number of hydrogen-bond donors (Lipinski definition) is 1. The van der Waals surface area contributed by atoms with E-state index in [1.807, 2.05) is 16.8 Å². The van der Waals surface area contributed by atoms with Crippen LogP contribution >= 0.6 is 0 Å². The number of piperidine rings is 2. The van der Waals surface area contributed by atoms with Crippen molar-refractivity contribution in [3.63, 3.8) is 0 Å². The Labute approximate surface area is 185 Å². The smallest absolute Gasteiger partial charge is 0.237 e. The summed E-state index contributed by atoms with van der Waals surface area (Å²) in [6.07, 6.45) is 6.09. The molecule has 0 unspecified atom stereocenters. The average Bonchev–Trinajstić information content (AvgIpc) is 2.79. The van der Waals surface area contributed by atoms with E-state index < -0.39 is 0 Å². The number of carbonyl (C=O) groups excluding carboxylic acids is 2. The van der Waals surface area contributed by atoms with E-state index in [1.165, 1.54) is 12.8 Å². The van der Waals surface area contributed by atoms with Crippen molar-refractivity contribution < 1.29 is 9.59 Å². The predicted molar refractivity (Wildman–Crippen MR) is 120 cm³/mol. The Kier molecular flexibility index (Phi) is 6.74. The summed E-state index contributed by atoms with van der Waals surface area (Å²) in [5, 5.41) is 3.23. The van der Waals surface area contributed by atoms with Gasteiger partial charge in [-0.2, -0.15) is 0 Å². The van der Waals surface area contributed by atoms with Crippen LogP contribution in [0, 0.1) is 5.92 Å². The lowest BCUT2D eigenvalue weighted by molar-refractivity contribution is -0.136. The van der Waals surface area contributed by atoms with E-state index in [9.17, 15) is 9.59 Å². The Hall–Kier alpha value is -2.22. The highest BCUT2D eigenvalue weighted by atomic mass is 16.2. The van der Waals surface area contributed by atoms with E-state index in [0.717, 1.165) is 68.3 Å². The molecule has 3 aliphatic heterocycles. The van der Waals surface area contributed by atoms with Gasteiger partial charge >= 0.3 is 0 Å². The van der Waals surface area contributed by atoms with Crippen LogP contribution in [0.15, 0.2) is 0 Å². The summed E-state index contributed by atoms with van der Waals surface area (Å²) < 4.78 is 0. The van der Waals surface area contributed by atoms with Crippen LogP contribution in [0.1, 0.15) is 69.1 Å². The number of anilines is 1. The first kappa shape index (κ1) is 22.0. The maximum atomic E-state index is 13.3. The van der Waals surface area contributed by atoms with E-state index >= 15 is 0 Å². The van der Waals surface area contributed by atoms with Gasteiger partial charge < -0.3 is 15.1 Å². The zero-order chi connectivity index (χ0) is 22.0. The lowest BCUT2D eigenvalue weighted by atomic mass is 9.98. The van der Waals surface area contributed by atoms with E-state index in [2.05, 4.69) is 17.1 Å². The normalized spacial score (nSPS) is 22.9. The lowest BCUT2D eigenvalue weighted by Crippen LogP contribution is -2.46. The Morgan fingerprint density at radius 3 is 2.55 bits per heavy atom. The van der Waals surface area contributed by atoms with Crippen molar-refractivity contribution in [1.29, 1.82) is 0 Å². The molecule has 2 fully saturated rings. The molecule has 4 heterocycles. The molecule has 0 bridgehead atoms. The van der Waals surface area contributed by atoms with Crippen LogP contribution in [0.5, 0.6) is 0 Å². The molecule has 0 radical (unpaired) electrons. The minimum Gasteiger partial charge on any atom is -0.373 e. The summed E-state index contributed by atoms with van der Waals surface area (Å²) in [7, 11) is 1.88. The molecule has 1 aromatic heterocycles. The number of carbonyl (C=O) groups is 2. The summed E-state index contributed by atoms with van der Waals surface area (Å²) in [6, 6.07) is -0.0879. The fraction of sp³-hybridized carbons (Fsp3) is 0.739. The molecule has 170 valence electrons. The molecule has 1 aromatic rings. The van der Waals surface area contributed by atoms with Gasteiger partial charge in [-0.05, 0) is 57.5 Å². The van der Waals surface area contributed by atoms with Crippen molar-refractivity contribution in [2.45, 2.75) is 65.0 Å². The van der Waals surface area contributed by atoms with Crippen molar-refractivity contribution in [1.82, 2.24) is 24.7 Å². The standard InChI is InChI=1S/C23H36N6O2/c1-16-7-11-27(12-8-16)15-21(31)29-10-5-4-6-20(29)23-25-19-14-28(17(2)30)13-9-18(19)22(24-3)26-23/h16,20H,4-15H2,1-3H3,(H,24,25,26)/t20-/m0/s1. The number of rotatable bonds is 4. The second kappa shape index (κ2) is 9.51. The highest BCUT2D eigenvalue weighted by Crippen LogP contribution is 2.32. The molecule has 31 heavy (non-hydrogen) atoms. The Morgan fingerprint density at radius 1 is 1.06 bits per heavy atom. The van der Waals surface area contributed by atoms with Crippen LogP contribution in [-0.4, -0.2) is 76.3 Å². The van der Waals surface area contributed by atoms with E-state index in [4.69, 9.17) is 9.97 Å². The van der Waals surface area contributed by atoms with Gasteiger partial charge in [0.2, 0.25) is 11.8 Å². The molecular weight excluding hydrogens is 392 g/mol. The van der Waals surface area contributed by atoms with Crippen molar-refractivity contribution in [3.05, 3.63) is 17.1 Å². The van der Waals surface area contributed by atoms with Gasteiger partial charge in [-0.1, -0.05) is 6.92 Å². The molecule has 1 atom stereocenters. The van der Waals surface area contributed by atoms with Crippen LogP contribution in [0.4, 0.5) is 5.82 Å². The van der Waals surface area contributed by atoms with Gasteiger partial charge in [0, 0.05) is 32.6 Å². The summed E-state index contributed by atoms with van der Waals surface area (Å²) in [4.78, 5) is 41.1. The molecule has 8 nitrogen and oxygen atoms in total. The SMILES string of the molecule is CNc1nc([C@@H]2CCCCN2C(=O)CN2CCC(C)CC2)nc2c1CCN(C(C)=O)C2. The van der Waals surface area contributed by atoms with Gasteiger partial charge in [0.25, 0.3) is 0 Å². The summed E-state index contributed by atoms with van der Waals surface area (Å²) in [6.45, 7) is 8.38. The number of likely N-dealkylation sites (tertiary alicyclic amines) is 2. The highest BCUT2D eigenvalue weighted by molar-refractivity contribution is 5.79. The zero-order valence-corrected chi connectivity index (χ0v) is 19.2. The first-order valence-corrected chi connectivity index (χ1v) is 11.8. The average molecular weight is 429 g/mol. The Bertz CT molecular complexity index is 821. The van der Waals surface area contributed by atoms with Crippen LogP contribution in [0.3, 0.4) is 0 Å². The van der Waals surface area contributed by atoms with Crippen molar-refractivity contribution in [3.8, 4) is 0 Å². The fourth-order valence-corrected chi connectivity index (χ4v) is 5.07. The molecule has 0 aromatic carbocycles. The maximum absolute atomic E-state index is 13.3. The summed E-state index contributed by atoms with van der Waals surface area (Å²) in [5.74, 6) is 2.58. The van der Waals surface area contributed by atoms with Gasteiger partial charge in [-0.25, -0.2) is 9.97 Å². The molecule has 2 saturated heterocycles. The second-order valence-corrected chi connectivity index (χ2v) is 9.35. The van der Waals surface area contributed by atoms with Crippen molar-refractivity contribution in [2.75, 3.05) is 45.1 Å². The number of hydrogen-bond acceptors (Lipinski definition) is 6. The maximum Gasteiger partial charge on any atom is 0.237 e.